The van der Waals surface area contributed by atoms with Gasteiger partial charge in [-0.25, -0.2) is 13.8 Å². The van der Waals surface area contributed by atoms with Gasteiger partial charge in [0, 0.05) is 43.2 Å². The van der Waals surface area contributed by atoms with Crippen LogP contribution < -0.4 is 15.6 Å². The molecule has 3 atom stereocenters. The predicted molar refractivity (Wildman–Crippen MR) is 153 cm³/mol. The molecule has 2 fully saturated rings. The van der Waals surface area contributed by atoms with E-state index in [0.717, 1.165) is 15.8 Å². The highest BCUT2D eigenvalue weighted by molar-refractivity contribution is 5.80. The van der Waals surface area contributed by atoms with Crippen LogP contribution in [0.4, 0.5) is 8.78 Å². The summed E-state index contributed by atoms with van der Waals surface area (Å²) in [5.74, 6) is -3.84. The number of rotatable bonds is 6. The standard InChI is InChI=1S/C31H33F2N5O4/c1-42-23-9-7-22(8-10-23)38-15-12-25-27(38)35-20-37(29(25)40)18-30(41)13-16-36(19-31(30,32)33)28(39)24-11-14-34-17-26(24)21-5-3-2-4-6-21/h2-10,12,15,20,24,26,34,41H,11,13-14,16-19H2,1H3/t24-,26+,30?/m1/s1. The molecular formula is C31H33F2N5O4. The van der Waals surface area contributed by atoms with E-state index in [1.807, 2.05) is 42.5 Å². The molecule has 2 aromatic carbocycles. The molecule has 2 saturated heterocycles. The van der Waals surface area contributed by atoms with E-state index in [2.05, 4.69) is 10.3 Å². The van der Waals surface area contributed by atoms with E-state index in [0.29, 0.717) is 30.9 Å². The van der Waals surface area contributed by atoms with Crippen LogP contribution in [-0.2, 0) is 11.3 Å². The number of nitrogens with one attached hydrogen (secondary N) is 1. The molecule has 0 bridgehead atoms. The number of carbonyl (C=O) groups excluding carboxylic acids is 1. The summed E-state index contributed by atoms with van der Waals surface area (Å²) in [6, 6.07) is 18.4. The first kappa shape index (κ1) is 28.0. The van der Waals surface area contributed by atoms with Gasteiger partial charge in [-0.2, -0.15) is 0 Å². The molecule has 220 valence electrons. The van der Waals surface area contributed by atoms with Crippen LogP contribution in [0.5, 0.6) is 5.75 Å². The number of likely N-dealkylation sites (tertiary alicyclic amines) is 1. The highest BCUT2D eigenvalue weighted by Gasteiger charge is 2.57. The smallest absolute Gasteiger partial charge is 0.295 e. The molecule has 2 aliphatic rings. The second-order valence-corrected chi connectivity index (χ2v) is 11.2. The van der Waals surface area contributed by atoms with Crippen LogP contribution in [-0.4, -0.2) is 74.8 Å². The minimum Gasteiger partial charge on any atom is -0.497 e. The van der Waals surface area contributed by atoms with Crippen molar-refractivity contribution in [2.45, 2.75) is 36.8 Å². The average Bonchev–Trinajstić information content (AvgIpc) is 3.45. The lowest BCUT2D eigenvalue weighted by atomic mass is 9.79. The molecular weight excluding hydrogens is 544 g/mol. The van der Waals surface area contributed by atoms with Crippen molar-refractivity contribution in [2.24, 2.45) is 5.92 Å². The summed E-state index contributed by atoms with van der Waals surface area (Å²) in [6.45, 7) is -0.363. The third-order valence-electron chi connectivity index (χ3n) is 8.66. The Hall–Kier alpha value is -4.09. The monoisotopic (exact) mass is 577 g/mol. The van der Waals surface area contributed by atoms with Gasteiger partial charge in [-0.1, -0.05) is 30.3 Å². The minimum atomic E-state index is -3.64. The van der Waals surface area contributed by atoms with Gasteiger partial charge in [-0.15, -0.1) is 0 Å². The highest BCUT2D eigenvalue weighted by atomic mass is 19.3. The molecule has 42 heavy (non-hydrogen) atoms. The van der Waals surface area contributed by atoms with E-state index in [9.17, 15) is 14.7 Å². The third kappa shape index (κ3) is 4.96. The lowest BCUT2D eigenvalue weighted by molar-refractivity contribution is -0.223. The maximum Gasteiger partial charge on any atom is 0.295 e. The number of aromatic nitrogens is 3. The summed E-state index contributed by atoms with van der Waals surface area (Å²) in [5.41, 5.74) is -0.938. The van der Waals surface area contributed by atoms with Gasteiger partial charge in [-0.3, -0.25) is 14.2 Å². The SMILES string of the molecule is COc1ccc(-n2ccc3c(=O)n(CC4(O)CCN(C(=O)[C@@H]5CCNC[C@H]5c5ccccc5)CC4(F)F)cnc32)cc1. The molecule has 2 N–H and O–H groups in total. The fourth-order valence-electron chi connectivity index (χ4n) is 6.19. The summed E-state index contributed by atoms with van der Waals surface area (Å²) in [7, 11) is 1.57. The number of benzene rings is 2. The van der Waals surface area contributed by atoms with Crippen LogP contribution in [0, 0.1) is 5.92 Å². The molecule has 0 spiro atoms. The number of halogens is 2. The van der Waals surface area contributed by atoms with Crippen molar-refractivity contribution in [1.29, 1.82) is 0 Å². The van der Waals surface area contributed by atoms with Gasteiger partial charge in [0.1, 0.15) is 17.7 Å². The van der Waals surface area contributed by atoms with Gasteiger partial charge in [0.2, 0.25) is 5.91 Å². The van der Waals surface area contributed by atoms with Crippen molar-refractivity contribution in [3.63, 3.8) is 0 Å². The normalized spacial score (nSPS) is 24.0. The second kappa shape index (κ2) is 11.0. The molecule has 0 radical (unpaired) electrons. The molecule has 6 rings (SSSR count). The first-order valence-corrected chi connectivity index (χ1v) is 14.1. The number of methoxy groups -OCH3 is 1. The number of carbonyl (C=O) groups is 1. The Morgan fingerprint density at radius 1 is 1.14 bits per heavy atom. The number of piperidine rings is 2. The fourth-order valence-corrected chi connectivity index (χ4v) is 6.19. The number of fused-ring (bicyclic) bond motifs is 1. The lowest BCUT2D eigenvalue weighted by Gasteiger charge is -2.46. The largest absolute Gasteiger partial charge is 0.497 e. The van der Waals surface area contributed by atoms with Gasteiger partial charge in [-0.05, 0) is 48.9 Å². The maximum absolute atomic E-state index is 15.7. The first-order chi connectivity index (χ1) is 20.2. The zero-order valence-electron chi connectivity index (χ0n) is 23.2. The quantitative estimate of drug-likeness (QED) is 0.365. The Morgan fingerprint density at radius 2 is 1.90 bits per heavy atom. The number of hydrogen-bond donors (Lipinski definition) is 2. The Bertz CT molecular complexity index is 1640. The molecule has 2 aromatic heterocycles. The van der Waals surface area contributed by atoms with Crippen LogP contribution in [0.1, 0.15) is 24.3 Å². The Labute approximate surface area is 241 Å². The summed E-state index contributed by atoms with van der Waals surface area (Å²) >= 11 is 0. The molecule has 11 heteroatoms. The average molecular weight is 578 g/mol. The molecule has 0 aliphatic carbocycles. The maximum atomic E-state index is 15.7. The molecule has 1 amide bonds. The molecule has 4 heterocycles. The zero-order chi connectivity index (χ0) is 29.5. The predicted octanol–water partition coefficient (Wildman–Crippen LogP) is 3.19. The molecule has 9 nitrogen and oxygen atoms in total. The van der Waals surface area contributed by atoms with Gasteiger partial charge >= 0.3 is 0 Å². The third-order valence-corrected chi connectivity index (χ3v) is 8.66. The zero-order valence-corrected chi connectivity index (χ0v) is 23.2. The number of aliphatic hydroxyl groups is 1. The van der Waals surface area contributed by atoms with Crippen molar-refractivity contribution in [3.8, 4) is 11.4 Å². The van der Waals surface area contributed by atoms with Crippen molar-refractivity contribution in [1.82, 2.24) is 24.3 Å². The topological polar surface area (TPSA) is 102 Å². The van der Waals surface area contributed by atoms with E-state index in [1.165, 1.54) is 11.2 Å². The number of hydrogen-bond acceptors (Lipinski definition) is 6. The van der Waals surface area contributed by atoms with E-state index < -0.39 is 36.1 Å². The van der Waals surface area contributed by atoms with Crippen LogP contribution in [0.25, 0.3) is 16.7 Å². The Kier molecular flexibility index (Phi) is 7.32. The van der Waals surface area contributed by atoms with Gasteiger partial charge in [0.25, 0.3) is 11.5 Å². The second-order valence-electron chi connectivity index (χ2n) is 11.2. The molecule has 2 aliphatic heterocycles. The number of amides is 1. The van der Waals surface area contributed by atoms with Crippen LogP contribution in [0.2, 0.25) is 0 Å². The number of alkyl halides is 2. The van der Waals surface area contributed by atoms with Crippen LogP contribution >= 0.6 is 0 Å². The van der Waals surface area contributed by atoms with Gasteiger partial charge in [0.15, 0.2) is 5.65 Å². The summed E-state index contributed by atoms with van der Waals surface area (Å²) in [6.07, 6.45) is 3.05. The lowest BCUT2D eigenvalue weighted by Crippen LogP contribution is -2.64. The minimum absolute atomic E-state index is 0.0331. The van der Waals surface area contributed by atoms with Gasteiger partial charge < -0.3 is 24.6 Å². The highest BCUT2D eigenvalue weighted by Crippen LogP contribution is 2.40. The summed E-state index contributed by atoms with van der Waals surface area (Å²) in [5, 5.41) is 14.8. The first-order valence-electron chi connectivity index (χ1n) is 14.1. The summed E-state index contributed by atoms with van der Waals surface area (Å²) in [4.78, 5) is 32.4. The van der Waals surface area contributed by atoms with Crippen molar-refractivity contribution in [3.05, 3.63) is 89.1 Å². The van der Waals surface area contributed by atoms with E-state index in [-0.39, 0.29) is 30.2 Å². The van der Waals surface area contributed by atoms with Crippen molar-refractivity contribution in [2.75, 3.05) is 33.3 Å². The molecule has 0 saturated carbocycles. The Balaban J connectivity index is 1.20. The molecule has 4 aromatic rings. The van der Waals surface area contributed by atoms with Crippen molar-refractivity contribution < 1.29 is 23.4 Å². The van der Waals surface area contributed by atoms with E-state index in [4.69, 9.17) is 4.74 Å². The number of nitrogens with zero attached hydrogens (tertiary/aromatic N) is 4. The fraction of sp³-hybridized carbons (Fsp3) is 0.387. The Morgan fingerprint density at radius 3 is 2.62 bits per heavy atom. The van der Waals surface area contributed by atoms with Crippen LogP contribution in [0.15, 0.2) is 78.0 Å². The van der Waals surface area contributed by atoms with E-state index >= 15 is 8.78 Å². The number of ether oxygens (including phenoxy) is 1. The van der Waals surface area contributed by atoms with Crippen molar-refractivity contribution >= 4 is 16.9 Å². The van der Waals surface area contributed by atoms with Gasteiger partial charge in [0.05, 0.1) is 25.6 Å². The molecule has 1 unspecified atom stereocenters. The summed E-state index contributed by atoms with van der Waals surface area (Å²) < 4.78 is 39.3. The van der Waals surface area contributed by atoms with E-state index in [1.54, 1.807) is 36.1 Å². The van der Waals surface area contributed by atoms with Crippen LogP contribution in [0.3, 0.4) is 0 Å².